The van der Waals surface area contributed by atoms with E-state index in [9.17, 15) is 9.59 Å². The van der Waals surface area contributed by atoms with Crippen LogP contribution in [0.4, 0.5) is 5.69 Å². The molecule has 1 N–H and O–H groups in total. The van der Waals surface area contributed by atoms with Crippen LogP contribution in [0.1, 0.15) is 42.6 Å². The smallest absolute Gasteiger partial charge is 0.377 e. The SMILES string of the molecule is COc1ccc(C(C)(C)C)cc1NC(=O)COC(=O)c1cc(C)no1. The van der Waals surface area contributed by atoms with Crippen LogP contribution in [-0.4, -0.2) is 30.7 Å². The van der Waals surface area contributed by atoms with Gasteiger partial charge in [0.2, 0.25) is 5.76 Å². The van der Waals surface area contributed by atoms with Crippen LogP contribution in [0.3, 0.4) is 0 Å². The maximum absolute atomic E-state index is 12.1. The molecule has 2 aromatic rings. The molecule has 0 saturated carbocycles. The Morgan fingerprint density at radius 2 is 1.96 bits per heavy atom. The van der Waals surface area contributed by atoms with E-state index in [1.165, 1.54) is 13.2 Å². The molecular formula is C18H22N2O5. The van der Waals surface area contributed by atoms with Gasteiger partial charge in [0.1, 0.15) is 5.75 Å². The average Bonchev–Trinajstić information content (AvgIpc) is 2.98. The molecule has 0 aliphatic carbocycles. The number of nitrogens with zero attached hydrogens (tertiary/aromatic N) is 1. The normalized spacial score (nSPS) is 11.1. The third kappa shape index (κ3) is 4.82. The molecule has 7 heteroatoms. The highest BCUT2D eigenvalue weighted by Gasteiger charge is 2.18. The minimum atomic E-state index is -0.744. The van der Waals surface area contributed by atoms with E-state index in [1.807, 2.05) is 12.1 Å². The van der Waals surface area contributed by atoms with Crippen LogP contribution in [0.5, 0.6) is 5.75 Å². The van der Waals surface area contributed by atoms with E-state index in [2.05, 4.69) is 31.2 Å². The Hall–Kier alpha value is -2.83. The second-order valence-corrected chi connectivity index (χ2v) is 6.62. The molecular weight excluding hydrogens is 324 g/mol. The molecule has 0 aliphatic rings. The van der Waals surface area contributed by atoms with Gasteiger partial charge in [0.05, 0.1) is 18.5 Å². The van der Waals surface area contributed by atoms with E-state index >= 15 is 0 Å². The van der Waals surface area contributed by atoms with Crippen LogP contribution in [0, 0.1) is 6.92 Å². The fourth-order valence-electron chi connectivity index (χ4n) is 2.12. The third-order valence-electron chi connectivity index (χ3n) is 3.50. The largest absolute Gasteiger partial charge is 0.495 e. The summed E-state index contributed by atoms with van der Waals surface area (Å²) in [5.74, 6) is -0.740. The van der Waals surface area contributed by atoms with Crippen LogP contribution in [0.2, 0.25) is 0 Å². The van der Waals surface area contributed by atoms with E-state index in [0.29, 0.717) is 17.1 Å². The average molecular weight is 346 g/mol. The topological polar surface area (TPSA) is 90.7 Å². The Balaban J connectivity index is 2.03. The quantitative estimate of drug-likeness (QED) is 0.837. The van der Waals surface area contributed by atoms with Gasteiger partial charge in [0, 0.05) is 6.07 Å². The monoisotopic (exact) mass is 346 g/mol. The zero-order chi connectivity index (χ0) is 18.6. The summed E-state index contributed by atoms with van der Waals surface area (Å²) in [5.41, 5.74) is 2.03. The second kappa shape index (κ2) is 7.38. The van der Waals surface area contributed by atoms with Gasteiger partial charge in [-0.2, -0.15) is 0 Å². The molecule has 1 aromatic heterocycles. The van der Waals surface area contributed by atoms with Gasteiger partial charge in [-0.3, -0.25) is 4.79 Å². The standard InChI is InChI=1S/C18H22N2O5/c1-11-8-15(25-20-11)17(22)24-10-16(21)19-13-9-12(18(2,3)4)6-7-14(13)23-5/h6-9H,10H2,1-5H3,(H,19,21). The molecule has 1 heterocycles. The molecule has 0 fully saturated rings. The number of rotatable bonds is 5. The highest BCUT2D eigenvalue weighted by atomic mass is 16.6. The number of hydrogen-bond acceptors (Lipinski definition) is 6. The molecule has 7 nitrogen and oxygen atoms in total. The molecule has 0 radical (unpaired) electrons. The molecule has 0 aliphatic heterocycles. The van der Waals surface area contributed by atoms with E-state index in [4.69, 9.17) is 14.0 Å². The number of carbonyl (C=O) groups is 2. The van der Waals surface area contributed by atoms with Gasteiger partial charge in [0.15, 0.2) is 6.61 Å². The van der Waals surface area contributed by atoms with Crippen molar-refractivity contribution < 1.29 is 23.6 Å². The summed E-state index contributed by atoms with van der Waals surface area (Å²) in [6.07, 6.45) is 0. The number of esters is 1. The number of ether oxygens (including phenoxy) is 2. The summed E-state index contributed by atoms with van der Waals surface area (Å²) >= 11 is 0. The fraction of sp³-hybridized carbons (Fsp3) is 0.389. The van der Waals surface area contributed by atoms with Crippen LogP contribution in [0.25, 0.3) is 0 Å². The Morgan fingerprint density at radius 3 is 2.52 bits per heavy atom. The molecule has 25 heavy (non-hydrogen) atoms. The summed E-state index contributed by atoms with van der Waals surface area (Å²) in [7, 11) is 1.52. The number of methoxy groups -OCH3 is 1. The van der Waals surface area contributed by atoms with Gasteiger partial charge in [0.25, 0.3) is 5.91 Å². The lowest BCUT2D eigenvalue weighted by molar-refractivity contribution is -0.119. The van der Waals surface area contributed by atoms with Crippen molar-refractivity contribution in [3.05, 3.63) is 41.3 Å². The van der Waals surface area contributed by atoms with E-state index < -0.39 is 18.5 Å². The molecule has 2 rings (SSSR count). The molecule has 134 valence electrons. The number of carbonyl (C=O) groups excluding carboxylic acids is 2. The molecule has 0 spiro atoms. The number of anilines is 1. The number of hydrogen-bond donors (Lipinski definition) is 1. The third-order valence-corrected chi connectivity index (χ3v) is 3.50. The summed E-state index contributed by atoms with van der Waals surface area (Å²) in [6, 6.07) is 7.02. The van der Waals surface area contributed by atoms with Crippen LogP contribution < -0.4 is 10.1 Å². The lowest BCUT2D eigenvalue weighted by atomic mass is 9.87. The number of aryl methyl sites for hydroxylation is 1. The van der Waals surface area contributed by atoms with Gasteiger partial charge in [-0.25, -0.2) is 4.79 Å². The first-order valence-corrected chi connectivity index (χ1v) is 7.79. The van der Waals surface area contributed by atoms with Crippen molar-refractivity contribution in [2.75, 3.05) is 19.0 Å². The van der Waals surface area contributed by atoms with Crippen molar-refractivity contribution >= 4 is 17.6 Å². The van der Waals surface area contributed by atoms with Crippen molar-refractivity contribution in [3.8, 4) is 5.75 Å². The fourth-order valence-corrected chi connectivity index (χ4v) is 2.12. The van der Waals surface area contributed by atoms with Crippen LogP contribution in [-0.2, 0) is 14.9 Å². The summed E-state index contributed by atoms with van der Waals surface area (Å²) in [5, 5.41) is 6.29. The molecule has 0 saturated heterocycles. The molecule has 0 atom stereocenters. The molecule has 0 unspecified atom stereocenters. The zero-order valence-corrected chi connectivity index (χ0v) is 15.0. The Bertz CT molecular complexity index is 774. The Labute approximate surface area is 146 Å². The highest BCUT2D eigenvalue weighted by molar-refractivity contribution is 5.95. The first kappa shape index (κ1) is 18.5. The van der Waals surface area contributed by atoms with Crippen molar-refractivity contribution in [1.82, 2.24) is 5.16 Å². The van der Waals surface area contributed by atoms with Crippen molar-refractivity contribution in [2.45, 2.75) is 33.1 Å². The first-order chi connectivity index (χ1) is 11.7. The van der Waals surface area contributed by atoms with Gasteiger partial charge in [-0.05, 0) is 30.0 Å². The van der Waals surface area contributed by atoms with E-state index in [-0.39, 0.29) is 11.2 Å². The number of benzene rings is 1. The molecule has 0 bridgehead atoms. The van der Waals surface area contributed by atoms with Crippen LogP contribution >= 0.6 is 0 Å². The lowest BCUT2D eigenvalue weighted by Gasteiger charge is -2.21. The van der Waals surface area contributed by atoms with Gasteiger partial charge in [-0.1, -0.05) is 32.0 Å². The number of aromatic nitrogens is 1. The van der Waals surface area contributed by atoms with Crippen LogP contribution in [0.15, 0.2) is 28.8 Å². The minimum absolute atomic E-state index is 0.0439. The molecule has 1 aromatic carbocycles. The van der Waals surface area contributed by atoms with Gasteiger partial charge in [-0.15, -0.1) is 0 Å². The summed E-state index contributed by atoms with van der Waals surface area (Å²) < 4.78 is 15.0. The molecule has 1 amide bonds. The predicted octanol–water partition coefficient (Wildman–Crippen LogP) is 3.08. The Kier molecular flexibility index (Phi) is 5.46. The van der Waals surface area contributed by atoms with Gasteiger partial charge >= 0.3 is 5.97 Å². The van der Waals surface area contributed by atoms with Crippen molar-refractivity contribution in [1.29, 1.82) is 0 Å². The highest BCUT2D eigenvalue weighted by Crippen LogP contribution is 2.31. The van der Waals surface area contributed by atoms with E-state index in [0.717, 1.165) is 5.56 Å². The second-order valence-electron chi connectivity index (χ2n) is 6.62. The summed E-state index contributed by atoms with van der Waals surface area (Å²) in [4.78, 5) is 23.9. The lowest BCUT2D eigenvalue weighted by Crippen LogP contribution is -2.21. The van der Waals surface area contributed by atoms with E-state index in [1.54, 1.807) is 13.0 Å². The summed E-state index contributed by atoms with van der Waals surface area (Å²) in [6.45, 7) is 7.45. The zero-order valence-electron chi connectivity index (χ0n) is 15.0. The van der Waals surface area contributed by atoms with Crippen molar-refractivity contribution in [3.63, 3.8) is 0 Å². The number of amides is 1. The number of nitrogens with one attached hydrogen (secondary N) is 1. The maximum Gasteiger partial charge on any atom is 0.377 e. The Morgan fingerprint density at radius 1 is 1.24 bits per heavy atom. The minimum Gasteiger partial charge on any atom is -0.495 e. The van der Waals surface area contributed by atoms with Crippen molar-refractivity contribution in [2.24, 2.45) is 0 Å². The predicted molar refractivity (Wildman–Crippen MR) is 91.8 cm³/mol. The first-order valence-electron chi connectivity index (χ1n) is 7.79. The maximum atomic E-state index is 12.1. The van der Waals surface area contributed by atoms with Gasteiger partial charge < -0.3 is 19.3 Å².